The number of nitro benzene ring substituents is 1. The molecule has 0 N–H and O–H groups in total. The lowest BCUT2D eigenvalue weighted by Crippen LogP contribution is -1.95. The monoisotopic (exact) mass is 205 g/mol. The molecule has 0 aliphatic heterocycles. The summed E-state index contributed by atoms with van der Waals surface area (Å²) in [5, 5.41) is 10.7. The zero-order valence-corrected chi connectivity index (χ0v) is 7.88. The van der Waals surface area contributed by atoms with Crippen LogP contribution >= 0.6 is 0 Å². The lowest BCUT2D eigenvalue weighted by atomic mass is 10.2. The van der Waals surface area contributed by atoms with E-state index in [1.807, 2.05) is 0 Å². The van der Waals surface area contributed by atoms with Gasteiger partial charge < -0.3 is 4.74 Å². The first-order valence-corrected chi connectivity index (χ1v) is 4.16. The SMILES string of the molecule is COc1cnc2cccc([N+](=O)[O-])c2n1. The van der Waals surface area contributed by atoms with Crippen molar-refractivity contribution in [2.75, 3.05) is 7.11 Å². The Bertz CT molecular complexity index is 527. The van der Waals surface area contributed by atoms with E-state index in [9.17, 15) is 10.1 Å². The average Bonchev–Trinajstić information content (AvgIpc) is 2.27. The van der Waals surface area contributed by atoms with Crippen LogP contribution in [-0.4, -0.2) is 22.0 Å². The van der Waals surface area contributed by atoms with Crippen LogP contribution in [0.25, 0.3) is 11.0 Å². The first-order chi connectivity index (χ1) is 7.22. The second-order valence-corrected chi connectivity index (χ2v) is 2.81. The Morgan fingerprint density at radius 1 is 1.47 bits per heavy atom. The van der Waals surface area contributed by atoms with Gasteiger partial charge in [0.05, 0.1) is 23.7 Å². The number of aromatic nitrogens is 2. The number of para-hydroxylation sites is 1. The van der Waals surface area contributed by atoms with Crippen molar-refractivity contribution in [2.24, 2.45) is 0 Å². The minimum atomic E-state index is -0.490. The molecule has 0 atom stereocenters. The summed E-state index contributed by atoms with van der Waals surface area (Å²) in [7, 11) is 1.44. The number of methoxy groups -OCH3 is 1. The molecule has 0 aliphatic rings. The quantitative estimate of drug-likeness (QED) is 0.549. The summed E-state index contributed by atoms with van der Waals surface area (Å²) in [5.41, 5.74) is 0.644. The molecule has 0 amide bonds. The number of non-ortho nitro benzene ring substituents is 1. The van der Waals surface area contributed by atoms with Crippen molar-refractivity contribution in [3.05, 3.63) is 34.5 Å². The van der Waals surface area contributed by atoms with Crippen molar-refractivity contribution in [1.29, 1.82) is 0 Å². The normalized spacial score (nSPS) is 10.2. The van der Waals surface area contributed by atoms with Gasteiger partial charge >= 0.3 is 0 Å². The van der Waals surface area contributed by atoms with Crippen molar-refractivity contribution < 1.29 is 9.66 Å². The fraction of sp³-hybridized carbons (Fsp3) is 0.111. The van der Waals surface area contributed by atoms with E-state index in [1.165, 1.54) is 19.4 Å². The van der Waals surface area contributed by atoms with Gasteiger partial charge in [-0.15, -0.1) is 0 Å². The van der Waals surface area contributed by atoms with Crippen LogP contribution in [0.5, 0.6) is 5.88 Å². The summed E-state index contributed by atoms with van der Waals surface area (Å²) >= 11 is 0. The summed E-state index contributed by atoms with van der Waals surface area (Å²) in [4.78, 5) is 18.2. The molecular weight excluding hydrogens is 198 g/mol. The fourth-order valence-corrected chi connectivity index (χ4v) is 1.25. The lowest BCUT2D eigenvalue weighted by Gasteiger charge is -2.00. The minimum absolute atomic E-state index is 0.0705. The Balaban J connectivity index is 2.76. The van der Waals surface area contributed by atoms with Crippen LogP contribution in [0.15, 0.2) is 24.4 Å². The van der Waals surface area contributed by atoms with Crippen molar-refractivity contribution in [3.8, 4) is 5.88 Å². The second kappa shape index (κ2) is 3.49. The molecule has 0 fully saturated rings. The first kappa shape index (κ1) is 9.32. The van der Waals surface area contributed by atoms with Crippen LogP contribution in [0.2, 0.25) is 0 Å². The Morgan fingerprint density at radius 3 is 2.93 bits per heavy atom. The summed E-state index contributed by atoms with van der Waals surface area (Å²) in [6, 6.07) is 4.62. The topological polar surface area (TPSA) is 78.2 Å². The van der Waals surface area contributed by atoms with Crippen molar-refractivity contribution in [1.82, 2.24) is 9.97 Å². The van der Waals surface area contributed by atoms with Crippen molar-refractivity contribution in [3.63, 3.8) is 0 Å². The number of rotatable bonds is 2. The number of hydrogen-bond donors (Lipinski definition) is 0. The number of hydrogen-bond acceptors (Lipinski definition) is 5. The van der Waals surface area contributed by atoms with Gasteiger partial charge in [0.1, 0.15) is 0 Å². The molecular formula is C9H7N3O3. The molecule has 0 aliphatic carbocycles. The van der Waals surface area contributed by atoms with Gasteiger partial charge in [-0.25, -0.2) is 9.97 Å². The van der Waals surface area contributed by atoms with Crippen LogP contribution in [0.4, 0.5) is 5.69 Å². The van der Waals surface area contributed by atoms with Crippen molar-refractivity contribution >= 4 is 16.7 Å². The highest BCUT2D eigenvalue weighted by Gasteiger charge is 2.13. The smallest absolute Gasteiger partial charge is 0.297 e. The van der Waals surface area contributed by atoms with Gasteiger partial charge in [-0.1, -0.05) is 6.07 Å². The van der Waals surface area contributed by atoms with E-state index >= 15 is 0 Å². The number of benzene rings is 1. The van der Waals surface area contributed by atoms with E-state index in [0.29, 0.717) is 5.52 Å². The maximum atomic E-state index is 10.7. The second-order valence-electron chi connectivity index (χ2n) is 2.81. The van der Waals surface area contributed by atoms with Gasteiger partial charge in [0.15, 0.2) is 5.52 Å². The molecule has 1 aromatic heterocycles. The predicted molar refractivity (Wildman–Crippen MR) is 52.7 cm³/mol. The highest BCUT2D eigenvalue weighted by Crippen LogP contribution is 2.23. The summed E-state index contributed by atoms with van der Waals surface area (Å²) in [6.07, 6.45) is 1.42. The van der Waals surface area contributed by atoms with Gasteiger partial charge in [-0.05, 0) is 6.07 Å². The third-order valence-corrected chi connectivity index (χ3v) is 1.94. The molecule has 0 spiro atoms. The zero-order chi connectivity index (χ0) is 10.8. The number of ether oxygens (including phenoxy) is 1. The van der Waals surface area contributed by atoms with Crippen LogP contribution in [0, 0.1) is 10.1 Å². The van der Waals surface area contributed by atoms with Crippen molar-refractivity contribution in [2.45, 2.75) is 0 Å². The standard InChI is InChI=1S/C9H7N3O3/c1-15-8-5-10-6-3-2-4-7(12(13)14)9(6)11-8/h2-5H,1H3. The molecule has 1 heterocycles. The highest BCUT2D eigenvalue weighted by molar-refractivity contribution is 5.83. The van der Waals surface area contributed by atoms with E-state index in [0.717, 1.165) is 0 Å². The summed E-state index contributed by atoms with van der Waals surface area (Å²) < 4.78 is 4.86. The molecule has 0 unspecified atom stereocenters. The Kier molecular flexibility index (Phi) is 2.17. The number of nitrogens with zero attached hydrogens (tertiary/aromatic N) is 3. The third-order valence-electron chi connectivity index (χ3n) is 1.94. The predicted octanol–water partition coefficient (Wildman–Crippen LogP) is 1.55. The molecule has 2 aromatic rings. The number of nitro groups is 1. The fourth-order valence-electron chi connectivity index (χ4n) is 1.25. The lowest BCUT2D eigenvalue weighted by molar-refractivity contribution is -0.383. The summed E-state index contributed by atoms with van der Waals surface area (Å²) in [6.45, 7) is 0. The largest absolute Gasteiger partial charge is 0.480 e. The summed E-state index contributed by atoms with van der Waals surface area (Å²) in [5.74, 6) is 0.261. The van der Waals surface area contributed by atoms with Gasteiger partial charge in [0.25, 0.3) is 5.69 Å². The van der Waals surface area contributed by atoms with E-state index in [4.69, 9.17) is 4.74 Å². The van der Waals surface area contributed by atoms with E-state index in [2.05, 4.69) is 9.97 Å². The molecule has 0 saturated heterocycles. The van der Waals surface area contributed by atoms with Gasteiger partial charge in [-0.2, -0.15) is 0 Å². The zero-order valence-electron chi connectivity index (χ0n) is 7.88. The van der Waals surface area contributed by atoms with Crippen LogP contribution < -0.4 is 4.74 Å². The molecule has 0 saturated carbocycles. The molecule has 76 valence electrons. The molecule has 6 heteroatoms. The third kappa shape index (κ3) is 1.56. The Morgan fingerprint density at radius 2 is 2.27 bits per heavy atom. The van der Waals surface area contributed by atoms with Crippen LogP contribution in [-0.2, 0) is 0 Å². The van der Waals surface area contributed by atoms with E-state index < -0.39 is 4.92 Å². The minimum Gasteiger partial charge on any atom is -0.480 e. The maximum absolute atomic E-state index is 10.7. The molecule has 6 nitrogen and oxygen atoms in total. The van der Waals surface area contributed by atoms with Gasteiger partial charge in [0.2, 0.25) is 5.88 Å². The molecule has 0 radical (unpaired) electrons. The van der Waals surface area contributed by atoms with E-state index in [-0.39, 0.29) is 17.1 Å². The van der Waals surface area contributed by atoms with Crippen LogP contribution in [0.3, 0.4) is 0 Å². The molecule has 2 rings (SSSR count). The average molecular weight is 205 g/mol. The van der Waals surface area contributed by atoms with Crippen LogP contribution in [0.1, 0.15) is 0 Å². The Hall–Kier alpha value is -2.24. The highest BCUT2D eigenvalue weighted by atomic mass is 16.6. The number of fused-ring (bicyclic) bond motifs is 1. The maximum Gasteiger partial charge on any atom is 0.297 e. The first-order valence-electron chi connectivity index (χ1n) is 4.16. The Labute approximate surface area is 84.7 Å². The molecule has 0 bridgehead atoms. The molecule has 15 heavy (non-hydrogen) atoms. The van der Waals surface area contributed by atoms with Gasteiger partial charge in [-0.3, -0.25) is 10.1 Å². The molecule has 1 aromatic carbocycles. The van der Waals surface area contributed by atoms with Gasteiger partial charge in [0, 0.05) is 6.07 Å². The van der Waals surface area contributed by atoms with E-state index in [1.54, 1.807) is 12.1 Å².